The first-order valence-corrected chi connectivity index (χ1v) is 13.9. The predicted octanol–water partition coefficient (Wildman–Crippen LogP) is 1.91. The van der Waals surface area contributed by atoms with Gasteiger partial charge in [-0.2, -0.15) is 0 Å². The first kappa shape index (κ1) is 34.6. The zero-order chi connectivity index (χ0) is 31.2. The molecule has 232 valence electrons. The Kier molecular flexibility index (Phi) is 14.3. The fraction of sp³-hybridized carbons (Fsp3) is 0.552. The van der Waals surface area contributed by atoms with E-state index in [1.807, 2.05) is 43.0 Å². The Morgan fingerprint density at radius 3 is 2.36 bits per heavy atom. The number of aromatic nitrogens is 3. The van der Waals surface area contributed by atoms with Crippen LogP contribution in [0.5, 0.6) is 0 Å². The van der Waals surface area contributed by atoms with E-state index >= 15 is 0 Å². The molecule has 42 heavy (non-hydrogen) atoms. The zero-order valence-corrected chi connectivity index (χ0v) is 24.9. The molecule has 1 amide bonds. The average Bonchev–Trinajstić information content (AvgIpc) is 3.36. The third kappa shape index (κ3) is 10.6. The Labute approximate surface area is 246 Å². The summed E-state index contributed by atoms with van der Waals surface area (Å²) in [6.45, 7) is 11.1. The van der Waals surface area contributed by atoms with Crippen molar-refractivity contribution in [3.63, 3.8) is 0 Å². The number of carbonyl (C=O) groups excluding carboxylic acids is 1. The molecule has 3 rings (SSSR count). The molecule has 13 nitrogen and oxygen atoms in total. The van der Waals surface area contributed by atoms with E-state index in [0.717, 1.165) is 24.2 Å². The number of nitrogens with zero attached hydrogens (tertiary/aromatic N) is 4. The molecular formula is C29H43N5O8. The topological polar surface area (TPSA) is 176 Å². The van der Waals surface area contributed by atoms with Crippen molar-refractivity contribution in [3.05, 3.63) is 53.4 Å². The molecule has 0 radical (unpaired) electrons. The number of aliphatic carboxylic acids is 2. The van der Waals surface area contributed by atoms with Gasteiger partial charge in [-0.05, 0) is 43.7 Å². The zero-order valence-electron chi connectivity index (χ0n) is 24.9. The summed E-state index contributed by atoms with van der Waals surface area (Å²) in [5.41, 5.74) is 2.82. The van der Waals surface area contributed by atoms with Crippen molar-refractivity contribution < 1.29 is 39.2 Å². The van der Waals surface area contributed by atoms with Gasteiger partial charge in [0.15, 0.2) is 5.69 Å². The Balaban J connectivity index is 0.000000675. The summed E-state index contributed by atoms with van der Waals surface area (Å²) in [4.78, 5) is 34.9. The minimum Gasteiger partial charge on any atom is -0.478 e. The molecule has 2 aromatic rings. The molecule has 13 heteroatoms. The summed E-state index contributed by atoms with van der Waals surface area (Å²) in [6.07, 6.45) is 1.43. The number of methoxy groups -OCH3 is 1. The Hall–Kier alpha value is -3.65. The van der Waals surface area contributed by atoms with Crippen LogP contribution < -0.4 is 5.32 Å². The van der Waals surface area contributed by atoms with Crippen molar-refractivity contribution in [2.45, 2.75) is 52.9 Å². The lowest BCUT2D eigenvalue weighted by atomic mass is 9.90. The highest BCUT2D eigenvalue weighted by Gasteiger charge is 2.34. The lowest BCUT2D eigenvalue weighted by Gasteiger charge is -2.39. The number of carbonyl (C=O) groups is 3. The van der Waals surface area contributed by atoms with Crippen molar-refractivity contribution in [2.24, 2.45) is 11.8 Å². The molecule has 1 fully saturated rings. The number of aliphatic hydroxyl groups excluding tert-OH is 1. The van der Waals surface area contributed by atoms with Crippen LogP contribution in [0.1, 0.15) is 48.9 Å². The van der Waals surface area contributed by atoms with E-state index in [1.165, 1.54) is 0 Å². The number of carboxylic acids is 2. The molecule has 1 aliphatic heterocycles. The maximum atomic E-state index is 13.9. The van der Waals surface area contributed by atoms with Gasteiger partial charge in [-0.15, -0.1) is 5.10 Å². The van der Waals surface area contributed by atoms with Gasteiger partial charge in [0.05, 0.1) is 31.6 Å². The first-order chi connectivity index (χ1) is 20.0. The van der Waals surface area contributed by atoms with Gasteiger partial charge in [-0.3, -0.25) is 4.79 Å². The lowest BCUT2D eigenvalue weighted by molar-refractivity contribution is -0.134. The van der Waals surface area contributed by atoms with Crippen LogP contribution in [0.25, 0.3) is 5.69 Å². The van der Waals surface area contributed by atoms with Gasteiger partial charge in [0.25, 0.3) is 5.91 Å². The van der Waals surface area contributed by atoms with Crippen LogP contribution in [0.3, 0.4) is 0 Å². The number of hydrogen-bond donors (Lipinski definition) is 4. The van der Waals surface area contributed by atoms with E-state index in [0.29, 0.717) is 49.8 Å². The molecule has 1 aliphatic rings. The Morgan fingerprint density at radius 1 is 1.12 bits per heavy atom. The van der Waals surface area contributed by atoms with Gasteiger partial charge in [-0.25, -0.2) is 14.3 Å². The lowest BCUT2D eigenvalue weighted by Crippen LogP contribution is -2.54. The van der Waals surface area contributed by atoms with Gasteiger partial charge < -0.3 is 35.0 Å². The summed E-state index contributed by atoms with van der Waals surface area (Å²) in [5, 5.41) is 37.9. The van der Waals surface area contributed by atoms with Crippen molar-refractivity contribution in [1.82, 2.24) is 25.2 Å². The molecule has 0 spiro atoms. The summed E-state index contributed by atoms with van der Waals surface area (Å²) in [6, 6.07) is 7.84. The van der Waals surface area contributed by atoms with E-state index in [-0.39, 0.29) is 30.4 Å². The van der Waals surface area contributed by atoms with Crippen LogP contribution in [0, 0.1) is 18.8 Å². The van der Waals surface area contributed by atoms with Crippen LogP contribution in [0.2, 0.25) is 0 Å². The number of aryl methyl sites for hydroxylation is 1. The van der Waals surface area contributed by atoms with E-state index < -0.39 is 18.0 Å². The normalized spacial score (nSPS) is 17.5. The molecule has 1 aromatic carbocycles. The summed E-state index contributed by atoms with van der Waals surface area (Å²) >= 11 is 0. The van der Waals surface area contributed by atoms with E-state index in [9.17, 15) is 19.5 Å². The number of hydrogen-bond acceptors (Lipinski definition) is 9. The van der Waals surface area contributed by atoms with Gasteiger partial charge in [-0.1, -0.05) is 37.3 Å². The maximum absolute atomic E-state index is 13.9. The summed E-state index contributed by atoms with van der Waals surface area (Å²) < 4.78 is 12.6. The standard InChI is InChI=1S/C25H39N5O4.C4H4O4/c1-17(2)15-29(21-12-20(19(4)31)13-26-14-21)25(32)24-23(16-34-11-10-33-5)30(28-27-24)22-9-7-6-8-18(22)3;5-3(6)1-2-4(7)8/h6-9,17,19-21,26,31H,10-16H2,1-5H3;1-2H,(H,5,6)(H,7,8)/t19?,20-,21+;/m1./s1. The van der Waals surface area contributed by atoms with Gasteiger partial charge in [0, 0.05) is 44.9 Å². The molecule has 1 saturated heterocycles. The molecule has 3 atom stereocenters. The smallest absolute Gasteiger partial charge is 0.328 e. The fourth-order valence-electron chi connectivity index (χ4n) is 4.53. The van der Waals surface area contributed by atoms with E-state index in [1.54, 1.807) is 11.8 Å². The highest BCUT2D eigenvalue weighted by Crippen LogP contribution is 2.24. The van der Waals surface area contributed by atoms with E-state index in [2.05, 4.69) is 29.5 Å². The largest absolute Gasteiger partial charge is 0.478 e. The maximum Gasteiger partial charge on any atom is 0.328 e. The number of amides is 1. The second-order valence-corrected chi connectivity index (χ2v) is 10.5. The van der Waals surface area contributed by atoms with Crippen LogP contribution in [-0.4, -0.2) is 105 Å². The quantitative estimate of drug-likeness (QED) is 0.198. The second-order valence-electron chi connectivity index (χ2n) is 10.5. The summed E-state index contributed by atoms with van der Waals surface area (Å²) in [7, 11) is 1.62. The number of carboxylic acid groups (broad SMARTS) is 2. The minimum atomic E-state index is -1.26. The molecule has 1 unspecified atom stereocenters. The fourth-order valence-corrected chi connectivity index (χ4v) is 4.53. The van der Waals surface area contributed by atoms with E-state index in [4.69, 9.17) is 19.7 Å². The average molecular weight is 590 g/mol. The number of aliphatic hydroxyl groups is 1. The van der Waals surface area contributed by atoms with Gasteiger partial charge in [0.1, 0.15) is 5.69 Å². The number of ether oxygens (including phenoxy) is 2. The van der Waals surface area contributed by atoms with Crippen molar-refractivity contribution >= 4 is 17.8 Å². The van der Waals surface area contributed by atoms with Gasteiger partial charge >= 0.3 is 11.9 Å². The number of nitrogens with one attached hydrogen (secondary N) is 1. The molecule has 2 heterocycles. The van der Waals surface area contributed by atoms with Crippen molar-refractivity contribution in [1.29, 1.82) is 0 Å². The highest BCUT2D eigenvalue weighted by molar-refractivity contribution is 5.93. The molecule has 0 bridgehead atoms. The van der Waals surface area contributed by atoms with Crippen LogP contribution >= 0.6 is 0 Å². The third-order valence-electron chi connectivity index (χ3n) is 6.66. The SMILES string of the molecule is COCCOCc1c(C(=O)N(CC(C)C)[C@@H]2CNC[C@H](C(C)O)C2)nnn1-c1ccccc1C.O=C(O)C=CC(=O)O. The predicted molar refractivity (Wildman–Crippen MR) is 154 cm³/mol. The highest BCUT2D eigenvalue weighted by atomic mass is 16.5. The van der Waals surface area contributed by atoms with Crippen LogP contribution in [0.4, 0.5) is 0 Å². The second kappa shape index (κ2) is 17.3. The Morgan fingerprint density at radius 2 is 1.79 bits per heavy atom. The first-order valence-electron chi connectivity index (χ1n) is 13.9. The molecular weight excluding hydrogens is 546 g/mol. The number of piperidine rings is 1. The summed E-state index contributed by atoms with van der Waals surface area (Å²) in [5.74, 6) is -2.29. The van der Waals surface area contributed by atoms with Crippen LogP contribution in [-0.2, 0) is 25.7 Å². The Bertz CT molecular complexity index is 1180. The van der Waals surface area contributed by atoms with Crippen molar-refractivity contribution in [2.75, 3.05) is 40.0 Å². The molecule has 0 aliphatic carbocycles. The number of para-hydroxylation sites is 1. The van der Waals surface area contributed by atoms with Crippen LogP contribution in [0.15, 0.2) is 36.4 Å². The molecule has 0 saturated carbocycles. The third-order valence-corrected chi connectivity index (χ3v) is 6.66. The molecule has 1 aromatic heterocycles. The minimum absolute atomic E-state index is 0.0332. The number of rotatable bonds is 13. The van der Waals surface area contributed by atoms with Gasteiger partial charge in [0.2, 0.25) is 0 Å². The molecule has 4 N–H and O–H groups in total. The van der Waals surface area contributed by atoms with Crippen molar-refractivity contribution in [3.8, 4) is 5.69 Å². The number of benzene rings is 1. The monoisotopic (exact) mass is 589 g/mol.